The summed E-state index contributed by atoms with van der Waals surface area (Å²) in [5.41, 5.74) is 14.0. The highest BCUT2D eigenvalue weighted by molar-refractivity contribution is 5.85. The van der Waals surface area contributed by atoms with E-state index in [2.05, 4.69) is 198 Å². The summed E-state index contributed by atoms with van der Waals surface area (Å²) >= 11 is 0. The van der Waals surface area contributed by atoms with Gasteiger partial charge in [0.25, 0.3) is 0 Å². The van der Waals surface area contributed by atoms with Crippen LogP contribution in [0.4, 0.5) is 0 Å². The van der Waals surface area contributed by atoms with E-state index < -0.39 is 0 Å². The monoisotopic (exact) mass is 696 g/mol. The Kier molecular flexibility index (Phi) is 17.4. The molecule has 0 amide bonds. The molecule has 6 aromatic carbocycles. The second-order valence-electron chi connectivity index (χ2n) is 13.7. The zero-order valence-corrected chi connectivity index (χ0v) is 33.1. The van der Waals surface area contributed by atoms with Crippen LogP contribution in [0, 0.1) is 20.8 Å². The molecule has 0 aliphatic heterocycles. The van der Waals surface area contributed by atoms with Crippen molar-refractivity contribution in [2.75, 3.05) is 0 Å². The summed E-state index contributed by atoms with van der Waals surface area (Å²) < 4.78 is 0. The molecule has 6 aromatic rings. The van der Waals surface area contributed by atoms with Crippen LogP contribution in [-0.4, -0.2) is 0 Å². The molecular weight excluding hydrogens is 637 g/mol. The third-order valence-electron chi connectivity index (χ3n) is 9.52. The van der Waals surface area contributed by atoms with Gasteiger partial charge < -0.3 is 0 Å². The van der Waals surface area contributed by atoms with Crippen molar-refractivity contribution in [1.29, 1.82) is 0 Å². The van der Waals surface area contributed by atoms with Gasteiger partial charge in [0.2, 0.25) is 0 Å². The molecule has 0 unspecified atom stereocenters. The second kappa shape index (κ2) is 22.7. The number of benzene rings is 6. The van der Waals surface area contributed by atoms with E-state index >= 15 is 0 Å². The van der Waals surface area contributed by atoms with Gasteiger partial charge in [0.05, 0.1) is 0 Å². The summed E-state index contributed by atoms with van der Waals surface area (Å²) in [6.07, 6.45) is 19.5. The fraction of sp³-hybridized carbons (Fsp3) is 0.245. The first kappa shape index (κ1) is 40.6. The Morgan fingerprint density at radius 3 is 1.77 bits per heavy atom. The van der Waals surface area contributed by atoms with Crippen molar-refractivity contribution >= 4 is 16.8 Å². The van der Waals surface area contributed by atoms with Crippen molar-refractivity contribution in [1.82, 2.24) is 0 Å². The summed E-state index contributed by atoms with van der Waals surface area (Å²) in [7, 11) is 0. The molecule has 0 heterocycles. The van der Waals surface area contributed by atoms with Crippen molar-refractivity contribution in [2.24, 2.45) is 0 Å². The van der Waals surface area contributed by atoms with Gasteiger partial charge >= 0.3 is 0 Å². The van der Waals surface area contributed by atoms with Crippen LogP contribution in [0.15, 0.2) is 169 Å². The Morgan fingerprint density at radius 2 is 1.15 bits per heavy atom. The lowest BCUT2D eigenvalue weighted by molar-refractivity contribution is 0.914. The third kappa shape index (κ3) is 13.4. The molecule has 53 heavy (non-hydrogen) atoms. The molecule has 272 valence electrons. The Balaban J connectivity index is 0.000000159. The summed E-state index contributed by atoms with van der Waals surface area (Å²) in [6.45, 7) is 12.6. The Morgan fingerprint density at radius 1 is 0.547 bits per heavy atom. The van der Waals surface area contributed by atoms with Crippen LogP contribution in [0.1, 0.15) is 85.4 Å². The lowest BCUT2D eigenvalue weighted by atomic mass is 9.94. The van der Waals surface area contributed by atoms with E-state index in [1.807, 2.05) is 13.8 Å². The van der Waals surface area contributed by atoms with E-state index in [1.54, 1.807) is 5.57 Å². The van der Waals surface area contributed by atoms with E-state index in [0.29, 0.717) is 0 Å². The zero-order chi connectivity index (χ0) is 37.7. The zero-order valence-electron chi connectivity index (χ0n) is 33.1. The molecule has 0 bridgehead atoms. The van der Waals surface area contributed by atoms with Crippen LogP contribution in [0.25, 0.3) is 28.0 Å². The minimum atomic E-state index is 1.09. The third-order valence-corrected chi connectivity index (χ3v) is 9.52. The molecule has 2 aliphatic rings. The van der Waals surface area contributed by atoms with E-state index in [1.165, 1.54) is 99.4 Å². The number of rotatable bonds is 5. The first-order valence-corrected chi connectivity index (χ1v) is 19.7. The topological polar surface area (TPSA) is 0 Å². The first-order chi connectivity index (χ1) is 26.0. The molecule has 0 fully saturated rings. The fourth-order valence-electron chi connectivity index (χ4n) is 6.58. The average Bonchev–Trinajstić information content (AvgIpc) is 3.21. The van der Waals surface area contributed by atoms with Crippen LogP contribution in [0.2, 0.25) is 0 Å². The summed E-state index contributed by atoms with van der Waals surface area (Å²) in [5.74, 6) is 0. The SMILES string of the molecule is C1=CCCC(Cc2cccc3ccccc23)=C1.CC.CCCc1ccccc1.Cc1ccc(-c2ccc(C)cc2)cc1.Cc1cccc2c1CCC=C2. The largest absolute Gasteiger partial charge is 0.0842 e. The van der Waals surface area contributed by atoms with Crippen LogP contribution < -0.4 is 0 Å². The van der Waals surface area contributed by atoms with Gasteiger partial charge in [-0.1, -0.05) is 214 Å². The van der Waals surface area contributed by atoms with E-state index in [0.717, 1.165) is 6.42 Å². The van der Waals surface area contributed by atoms with E-state index in [-0.39, 0.29) is 0 Å². The lowest BCUT2D eigenvalue weighted by Crippen LogP contribution is -1.96. The van der Waals surface area contributed by atoms with Gasteiger partial charge in [0.1, 0.15) is 0 Å². The lowest BCUT2D eigenvalue weighted by Gasteiger charge is -2.12. The molecule has 0 N–H and O–H groups in total. The molecule has 0 radical (unpaired) electrons. The molecule has 8 rings (SSSR count). The van der Waals surface area contributed by atoms with Crippen LogP contribution in [0.5, 0.6) is 0 Å². The second-order valence-corrected chi connectivity index (χ2v) is 13.7. The molecular formula is C53H60. The van der Waals surface area contributed by atoms with Gasteiger partial charge in [-0.05, 0) is 109 Å². The number of aryl methyl sites for hydroxylation is 4. The maximum absolute atomic E-state index is 2.27. The molecule has 0 spiro atoms. The Labute approximate surface area is 321 Å². The van der Waals surface area contributed by atoms with Crippen LogP contribution >= 0.6 is 0 Å². The van der Waals surface area contributed by atoms with Gasteiger partial charge in [-0.25, -0.2) is 0 Å². The summed E-state index contributed by atoms with van der Waals surface area (Å²) in [5, 5.41) is 2.74. The molecule has 0 saturated carbocycles. The van der Waals surface area contributed by atoms with Crippen LogP contribution in [-0.2, 0) is 19.3 Å². The maximum atomic E-state index is 2.27. The minimum Gasteiger partial charge on any atom is -0.0842 e. The predicted octanol–water partition coefficient (Wildman–Crippen LogP) is 15.2. The minimum absolute atomic E-state index is 1.09. The smallest absolute Gasteiger partial charge is 0.00577 e. The molecule has 0 nitrogen and oxygen atoms in total. The van der Waals surface area contributed by atoms with Gasteiger partial charge in [0.15, 0.2) is 0 Å². The van der Waals surface area contributed by atoms with Crippen molar-refractivity contribution < 1.29 is 0 Å². The molecule has 0 atom stereocenters. The average molecular weight is 697 g/mol. The quantitative estimate of drug-likeness (QED) is 0.168. The van der Waals surface area contributed by atoms with E-state index in [9.17, 15) is 0 Å². The van der Waals surface area contributed by atoms with Crippen molar-refractivity contribution in [2.45, 2.75) is 86.5 Å². The normalized spacial score (nSPS) is 12.2. The molecule has 0 aromatic heterocycles. The van der Waals surface area contributed by atoms with Crippen LogP contribution in [0.3, 0.4) is 0 Å². The van der Waals surface area contributed by atoms with Crippen molar-refractivity contribution in [3.63, 3.8) is 0 Å². The molecule has 2 aliphatic carbocycles. The first-order valence-electron chi connectivity index (χ1n) is 19.7. The number of fused-ring (bicyclic) bond motifs is 2. The Hall–Kier alpha value is -5.20. The van der Waals surface area contributed by atoms with Crippen molar-refractivity contribution in [3.8, 4) is 11.1 Å². The number of allylic oxidation sites excluding steroid dienone is 5. The van der Waals surface area contributed by atoms with Crippen molar-refractivity contribution in [3.05, 3.63) is 208 Å². The highest BCUT2D eigenvalue weighted by Crippen LogP contribution is 2.25. The summed E-state index contributed by atoms with van der Waals surface area (Å²) in [6, 6.07) is 49.6. The van der Waals surface area contributed by atoms with Gasteiger partial charge in [0, 0.05) is 0 Å². The highest BCUT2D eigenvalue weighted by atomic mass is 14.1. The predicted molar refractivity (Wildman–Crippen MR) is 236 cm³/mol. The van der Waals surface area contributed by atoms with Gasteiger partial charge in [-0.2, -0.15) is 0 Å². The van der Waals surface area contributed by atoms with E-state index in [4.69, 9.17) is 0 Å². The van der Waals surface area contributed by atoms with Gasteiger partial charge in [-0.3, -0.25) is 0 Å². The maximum Gasteiger partial charge on any atom is -0.00577 e. The molecule has 0 heteroatoms. The summed E-state index contributed by atoms with van der Waals surface area (Å²) in [4.78, 5) is 0. The number of hydrogen-bond acceptors (Lipinski definition) is 0. The fourth-order valence-corrected chi connectivity index (χ4v) is 6.58. The van der Waals surface area contributed by atoms with Gasteiger partial charge in [-0.15, -0.1) is 0 Å². The standard InChI is InChI=1S/C17H16.C14H14.C11H12.C9H12.C2H6/c1-2-7-14(8-3-1)13-16-11-6-10-15-9-4-5-12-17(15)16;1-11-3-7-13(8-4-11)14-9-5-12(2)6-10-14;1-9-5-4-7-10-6-2-3-8-11(9)10;1-2-6-9-7-4-3-5-8-9;1-2/h1-2,4-7,9-12H,3,8,13H2;3-10H,1-2H3;2,4-7H,3,8H2,1H3;3-5,7-8H,2,6H2,1H3;1-2H3. The molecule has 0 saturated heterocycles. The Bertz CT molecular complexity index is 1970. The number of hydrogen-bond donors (Lipinski definition) is 0. The highest BCUT2D eigenvalue weighted by Gasteiger charge is 2.06.